The van der Waals surface area contributed by atoms with Crippen LogP contribution in [-0.4, -0.2) is 53.0 Å². The number of nitrogens with zero attached hydrogens (tertiary/aromatic N) is 2. The number of ketones is 1. The molecular formula is C27H24N2O4S. The number of pyridine rings is 1. The first-order chi connectivity index (χ1) is 16.6. The summed E-state index contributed by atoms with van der Waals surface area (Å²) in [6.07, 6.45) is 4.43. The van der Waals surface area contributed by atoms with Gasteiger partial charge in [0, 0.05) is 24.8 Å². The molecule has 1 fully saturated rings. The lowest BCUT2D eigenvalue weighted by Crippen LogP contribution is -2.29. The lowest BCUT2D eigenvalue weighted by molar-refractivity contribution is -0.127. The Kier molecular flexibility index (Phi) is 6.45. The van der Waals surface area contributed by atoms with Crippen molar-refractivity contribution in [2.45, 2.75) is 24.3 Å². The average molecular weight is 473 g/mol. The van der Waals surface area contributed by atoms with Crippen molar-refractivity contribution in [1.82, 2.24) is 9.88 Å². The van der Waals surface area contributed by atoms with Crippen LogP contribution in [0.2, 0.25) is 0 Å². The van der Waals surface area contributed by atoms with Crippen molar-refractivity contribution in [1.29, 1.82) is 0 Å². The number of thioether (sulfide) groups is 1. The molecule has 1 aromatic heterocycles. The number of aromatic nitrogens is 1. The fourth-order valence-corrected chi connectivity index (χ4v) is 5.34. The molecule has 1 aliphatic heterocycles. The first kappa shape index (κ1) is 22.3. The average Bonchev–Trinajstić information content (AvgIpc) is 3.53. The molecule has 0 radical (unpaired) electrons. The Hall–Kier alpha value is -3.45. The zero-order valence-corrected chi connectivity index (χ0v) is 19.5. The fraction of sp³-hybridized carbons (Fsp3) is 0.259. The molecule has 3 aromatic rings. The van der Waals surface area contributed by atoms with E-state index in [1.807, 2.05) is 29.2 Å². The standard InChI is InChI=1S/C27H24N2O4S/c30-24(19-9-10-22-20(15-19)14-18-6-1-2-7-21(18)22)16-33-27(32)23-8-5-11-28-26(23)34-17-25(31)29-12-3-4-13-29/h1-2,5-11,15H,3-4,12-14,16-17H2. The van der Waals surface area contributed by atoms with Crippen molar-refractivity contribution in [2.75, 3.05) is 25.4 Å². The number of hydrogen-bond donors (Lipinski definition) is 0. The number of likely N-dealkylation sites (tertiary alicyclic amines) is 1. The highest BCUT2D eigenvalue weighted by atomic mass is 32.2. The van der Waals surface area contributed by atoms with Crippen LogP contribution in [0.5, 0.6) is 0 Å². The highest BCUT2D eigenvalue weighted by Crippen LogP contribution is 2.36. The minimum atomic E-state index is -0.619. The van der Waals surface area contributed by atoms with Crippen molar-refractivity contribution < 1.29 is 19.1 Å². The normalized spacial score (nSPS) is 13.9. The van der Waals surface area contributed by atoms with Crippen LogP contribution in [0, 0.1) is 0 Å². The largest absolute Gasteiger partial charge is 0.454 e. The summed E-state index contributed by atoms with van der Waals surface area (Å²) in [7, 11) is 0. The molecule has 2 aromatic carbocycles. The van der Waals surface area contributed by atoms with E-state index in [4.69, 9.17) is 4.74 Å². The maximum atomic E-state index is 12.8. The Morgan fingerprint density at radius 3 is 2.59 bits per heavy atom. The molecule has 0 unspecified atom stereocenters. The summed E-state index contributed by atoms with van der Waals surface area (Å²) >= 11 is 1.22. The third kappa shape index (κ3) is 4.61. The number of amides is 1. The van der Waals surface area contributed by atoms with Gasteiger partial charge >= 0.3 is 5.97 Å². The second kappa shape index (κ2) is 9.81. The van der Waals surface area contributed by atoms with Crippen molar-refractivity contribution >= 4 is 29.4 Å². The second-order valence-electron chi connectivity index (χ2n) is 8.44. The van der Waals surface area contributed by atoms with Crippen molar-refractivity contribution in [3.05, 3.63) is 83.0 Å². The van der Waals surface area contributed by atoms with Gasteiger partial charge in [0.25, 0.3) is 0 Å². The molecule has 2 aliphatic rings. The predicted octanol–water partition coefficient (Wildman–Crippen LogP) is 4.41. The predicted molar refractivity (Wildman–Crippen MR) is 130 cm³/mol. The number of benzene rings is 2. The van der Waals surface area contributed by atoms with Gasteiger partial charge in [0.15, 0.2) is 12.4 Å². The Balaban J connectivity index is 1.21. The van der Waals surface area contributed by atoms with E-state index in [0.717, 1.165) is 43.5 Å². The lowest BCUT2D eigenvalue weighted by atomic mass is 10.0. The van der Waals surface area contributed by atoms with E-state index in [1.165, 1.54) is 22.9 Å². The summed E-state index contributed by atoms with van der Waals surface area (Å²) in [4.78, 5) is 43.9. The van der Waals surface area contributed by atoms with Gasteiger partial charge in [-0.05, 0) is 59.7 Å². The van der Waals surface area contributed by atoms with Gasteiger partial charge in [-0.3, -0.25) is 9.59 Å². The van der Waals surface area contributed by atoms with Crippen LogP contribution < -0.4 is 0 Å². The first-order valence-electron chi connectivity index (χ1n) is 11.4. The molecule has 2 heterocycles. The third-order valence-electron chi connectivity index (χ3n) is 6.23. The zero-order chi connectivity index (χ0) is 23.5. The fourth-order valence-electron chi connectivity index (χ4n) is 4.46. The van der Waals surface area contributed by atoms with E-state index in [1.54, 1.807) is 24.4 Å². The van der Waals surface area contributed by atoms with Gasteiger partial charge in [-0.2, -0.15) is 0 Å². The van der Waals surface area contributed by atoms with Crippen LogP contribution >= 0.6 is 11.8 Å². The number of carbonyl (C=O) groups excluding carboxylic acids is 3. The minimum absolute atomic E-state index is 0.0430. The maximum Gasteiger partial charge on any atom is 0.341 e. The molecule has 6 nitrogen and oxygen atoms in total. The molecule has 1 saturated heterocycles. The summed E-state index contributed by atoms with van der Waals surface area (Å²) in [5, 5.41) is 0.433. The molecule has 1 aliphatic carbocycles. The van der Waals surface area contributed by atoms with Gasteiger partial charge < -0.3 is 9.64 Å². The zero-order valence-electron chi connectivity index (χ0n) is 18.7. The Bertz CT molecular complexity index is 1270. The van der Waals surface area contributed by atoms with Crippen LogP contribution in [0.3, 0.4) is 0 Å². The third-order valence-corrected chi connectivity index (χ3v) is 7.22. The van der Waals surface area contributed by atoms with Gasteiger partial charge in [0.05, 0.1) is 11.3 Å². The number of ether oxygens (including phenoxy) is 1. The van der Waals surface area contributed by atoms with Crippen LogP contribution in [-0.2, 0) is 16.0 Å². The minimum Gasteiger partial charge on any atom is -0.454 e. The van der Waals surface area contributed by atoms with Gasteiger partial charge in [0.1, 0.15) is 5.03 Å². The molecule has 0 N–H and O–H groups in total. The van der Waals surface area contributed by atoms with Crippen molar-refractivity contribution in [2.24, 2.45) is 0 Å². The molecule has 0 atom stereocenters. The Morgan fingerprint density at radius 1 is 0.941 bits per heavy atom. The molecule has 7 heteroatoms. The SMILES string of the molecule is O=C(COC(=O)c1cccnc1SCC(=O)N1CCCC1)c1ccc2c(c1)Cc1ccccc1-2. The highest BCUT2D eigenvalue weighted by Gasteiger charge is 2.22. The van der Waals surface area contributed by atoms with Gasteiger partial charge in [-0.25, -0.2) is 9.78 Å². The lowest BCUT2D eigenvalue weighted by Gasteiger charge is -2.15. The molecule has 34 heavy (non-hydrogen) atoms. The smallest absolute Gasteiger partial charge is 0.341 e. The first-order valence-corrected chi connectivity index (χ1v) is 12.4. The quantitative estimate of drug-likeness (QED) is 0.225. The topological polar surface area (TPSA) is 76.6 Å². The molecular weight excluding hydrogens is 448 g/mol. The van der Waals surface area contributed by atoms with Crippen molar-refractivity contribution in [3.8, 4) is 11.1 Å². The maximum absolute atomic E-state index is 12.8. The summed E-state index contributed by atoms with van der Waals surface area (Å²) in [6.45, 7) is 1.22. The molecule has 0 spiro atoms. The molecule has 172 valence electrons. The number of carbonyl (C=O) groups is 3. The molecule has 5 rings (SSSR count). The molecule has 1 amide bonds. The van der Waals surface area contributed by atoms with Crippen LogP contribution in [0.4, 0.5) is 0 Å². The second-order valence-corrected chi connectivity index (χ2v) is 9.40. The number of esters is 1. The number of hydrogen-bond acceptors (Lipinski definition) is 6. The monoisotopic (exact) mass is 472 g/mol. The van der Waals surface area contributed by atoms with Crippen LogP contribution in [0.15, 0.2) is 65.8 Å². The Morgan fingerprint density at radius 2 is 1.74 bits per heavy atom. The van der Waals surface area contributed by atoms with E-state index in [2.05, 4.69) is 17.1 Å². The van der Waals surface area contributed by atoms with Gasteiger partial charge in [-0.1, -0.05) is 48.2 Å². The molecule has 0 bridgehead atoms. The van der Waals surface area contributed by atoms with E-state index >= 15 is 0 Å². The summed E-state index contributed by atoms with van der Waals surface area (Å²) in [5.74, 6) is -0.616. The summed E-state index contributed by atoms with van der Waals surface area (Å²) in [5.41, 5.74) is 5.48. The van der Waals surface area contributed by atoms with E-state index in [-0.39, 0.29) is 29.6 Å². The summed E-state index contributed by atoms with van der Waals surface area (Å²) in [6, 6.07) is 17.1. The van der Waals surface area contributed by atoms with Crippen LogP contribution in [0.1, 0.15) is 44.7 Å². The van der Waals surface area contributed by atoms with Gasteiger partial charge in [-0.15, -0.1) is 0 Å². The van der Waals surface area contributed by atoms with Gasteiger partial charge in [0.2, 0.25) is 5.91 Å². The number of rotatable bonds is 7. The van der Waals surface area contributed by atoms with E-state index in [0.29, 0.717) is 10.6 Å². The number of Topliss-reactive ketones (excluding diaryl/α,β-unsaturated/α-hetero) is 1. The number of fused-ring (bicyclic) bond motifs is 3. The van der Waals surface area contributed by atoms with E-state index in [9.17, 15) is 14.4 Å². The van der Waals surface area contributed by atoms with E-state index < -0.39 is 5.97 Å². The Labute approximate surface area is 202 Å². The highest BCUT2D eigenvalue weighted by molar-refractivity contribution is 8.00. The van der Waals surface area contributed by atoms with Crippen LogP contribution in [0.25, 0.3) is 11.1 Å². The summed E-state index contributed by atoms with van der Waals surface area (Å²) < 4.78 is 5.34. The molecule has 0 saturated carbocycles. The van der Waals surface area contributed by atoms with Crippen molar-refractivity contribution in [3.63, 3.8) is 0 Å².